The lowest BCUT2D eigenvalue weighted by molar-refractivity contribution is 0.101. The summed E-state index contributed by atoms with van der Waals surface area (Å²) in [7, 11) is 0. The molecule has 64 valence electrons. The minimum Gasteiger partial charge on any atom is -0.246 e. The SMILES string of the molecule is N#CC1CC(F)C(C#N)CC1F. The smallest absolute Gasteiger partial charge is 0.117 e. The van der Waals surface area contributed by atoms with E-state index in [1.807, 2.05) is 0 Å². The van der Waals surface area contributed by atoms with Crippen LogP contribution in [0.25, 0.3) is 0 Å². The fraction of sp³-hybridized carbons (Fsp3) is 0.750. The van der Waals surface area contributed by atoms with Gasteiger partial charge in [-0.05, 0) is 12.8 Å². The number of rotatable bonds is 0. The van der Waals surface area contributed by atoms with Gasteiger partial charge >= 0.3 is 0 Å². The van der Waals surface area contributed by atoms with Crippen LogP contribution in [0.3, 0.4) is 0 Å². The molecule has 0 bridgehead atoms. The van der Waals surface area contributed by atoms with Crippen molar-refractivity contribution in [2.24, 2.45) is 11.8 Å². The minimum absolute atomic E-state index is 0.143. The molecule has 2 nitrogen and oxygen atoms in total. The van der Waals surface area contributed by atoms with E-state index in [0.29, 0.717) is 0 Å². The van der Waals surface area contributed by atoms with Crippen LogP contribution in [-0.4, -0.2) is 12.3 Å². The molecule has 0 aromatic heterocycles. The number of nitriles is 2. The van der Waals surface area contributed by atoms with Crippen molar-refractivity contribution in [3.05, 3.63) is 0 Å². The molecular weight excluding hydrogens is 162 g/mol. The predicted molar refractivity (Wildman–Crippen MR) is 37.2 cm³/mol. The van der Waals surface area contributed by atoms with Gasteiger partial charge in [-0.1, -0.05) is 0 Å². The maximum absolute atomic E-state index is 12.9. The first-order valence-corrected chi connectivity index (χ1v) is 3.76. The van der Waals surface area contributed by atoms with Gasteiger partial charge in [-0.25, -0.2) is 8.78 Å². The van der Waals surface area contributed by atoms with Crippen LogP contribution in [0.4, 0.5) is 8.78 Å². The first-order valence-electron chi connectivity index (χ1n) is 3.76. The summed E-state index contributed by atoms with van der Waals surface area (Å²) >= 11 is 0. The quantitative estimate of drug-likeness (QED) is 0.555. The summed E-state index contributed by atoms with van der Waals surface area (Å²) in [6.07, 6.45) is -2.97. The van der Waals surface area contributed by atoms with Gasteiger partial charge in [0.1, 0.15) is 12.3 Å². The van der Waals surface area contributed by atoms with Gasteiger partial charge in [0.25, 0.3) is 0 Å². The van der Waals surface area contributed by atoms with Crippen molar-refractivity contribution in [2.45, 2.75) is 25.2 Å². The normalized spacial score (nSPS) is 41.3. The van der Waals surface area contributed by atoms with Crippen molar-refractivity contribution < 1.29 is 8.78 Å². The Kier molecular flexibility index (Phi) is 2.60. The average Bonchev–Trinajstić information content (AvgIpc) is 2.08. The van der Waals surface area contributed by atoms with E-state index in [-0.39, 0.29) is 12.8 Å². The molecule has 0 aliphatic heterocycles. The Hall–Kier alpha value is -1.16. The van der Waals surface area contributed by atoms with Gasteiger partial charge in [0.15, 0.2) is 0 Å². The van der Waals surface area contributed by atoms with Gasteiger partial charge in [0, 0.05) is 0 Å². The van der Waals surface area contributed by atoms with Crippen molar-refractivity contribution in [3.8, 4) is 12.1 Å². The maximum Gasteiger partial charge on any atom is 0.117 e. The summed E-state index contributed by atoms with van der Waals surface area (Å²) in [6.45, 7) is 0. The van der Waals surface area contributed by atoms with Crippen LogP contribution in [0.1, 0.15) is 12.8 Å². The van der Waals surface area contributed by atoms with E-state index in [1.165, 1.54) is 0 Å². The van der Waals surface area contributed by atoms with Gasteiger partial charge < -0.3 is 0 Å². The monoisotopic (exact) mass is 170 g/mol. The number of hydrogen-bond donors (Lipinski definition) is 0. The third-order valence-electron chi connectivity index (χ3n) is 2.16. The fourth-order valence-corrected chi connectivity index (χ4v) is 1.38. The lowest BCUT2D eigenvalue weighted by Gasteiger charge is -2.26. The number of halogens is 2. The first-order chi connectivity index (χ1) is 5.69. The van der Waals surface area contributed by atoms with Gasteiger partial charge in [-0.3, -0.25) is 0 Å². The van der Waals surface area contributed by atoms with Crippen molar-refractivity contribution in [2.75, 3.05) is 0 Å². The second kappa shape index (κ2) is 3.49. The van der Waals surface area contributed by atoms with Crippen LogP contribution in [-0.2, 0) is 0 Å². The molecule has 1 saturated carbocycles. The zero-order valence-electron chi connectivity index (χ0n) is 6.37. The van der Waals surface area contributed by atoms with Crippen LogP contribution >= 0.6 is 0 Å². The molecule has 0 amide bonds. The maximum atomic E-state index is 12.9. The average molecular weight is 170 g/mol. The summed E-state index contributed by atoms with van der Waals surface area (Å²) in [4.78, 5) is 0. The summed E-state index contributed by atoms with van der Waals surface area (Å²) in [5, 5.41) is 16.8. The van der Waals surface area contributed by atoms with Crippen LogP contribution in [0, 0.1) is 34.5 Å². The topological polar surface area (TPSA) is 47.6 Å². The van der Waals surface area contributed by atoms with Crippen molar-refractivity contribution in [3.63, 3.8) is 0 Å². The highest BCUT2D eigenvalue weighted by Gasteiger charge is 2.37. The Labute approximate surface area is 69.4 Å². The summed E-state index contributed by atoms with van der Waals surface area (Å²) < 4.78 is 25.8. The van der Waals surface area contributed by atoms with Crippen LogP contribution in [0.2, 0.25) is 0 Å². The van der Waals surface area contributed by atoms with E-state index in [1.54, 1.807) is 12.1 Å². The van der Waals surface area contributed by atoms with E-state index >= 15 is 0 Å². The van der Waals surface area contributed by atoms with E-state index in [4.69, 9.17) is 10.5 Å². The number of alkyl halides is 2. The van der Waals surface area contributed by atoms with Crippen molar-refractivity contribution in [1.82, 2.24) is 0 Å². The molecule has 0 spiro atoms. The van der Waals surface area contributed by atoms with Crippen LogP contribution in [0.5, 0.6) is 0 Å². The molecule has 0 aromatic rings. The summed E-state index contributed by atoms with van der Waals surface area (Å²) in [5.41, 5.74) is 0. The molecule has 0 radical (unpaired) electrons. The third-order valence-corrected chi connectivity index (χ3v) is 2.16. The minimum atomic E-state index is -1.34. The predicted octanol–water partition coefficient (Wildman–Crippen LogP) is 1.74. The summed E-state index contributed by atoms with van der Waals surface area (Å²) in [6, 6.07) is 3.41. The van der Waals surface area contributed by atoms with Crippen molar-refractivity contribution in [1.29, 1.82) is 10.5 Å². The van der Waals surface area contributed by atoms with Crippen LogP contribution in [0.15, 0.2) is 0 Å². The first kappa shape index (κ1) is 8.93. The molecule has 0 saturated heterocycles. The van der Waals surface area contributed by atoms with E-state index < -0.39 is 24.2 Å². The van der Waals surface area contributed by atoms with Crippen LogP contribution < -0.4 is 0 Å². The fourth-order valence-electron chi connectivity index (χ4n) is 1.38. The molecule has 1 aliphatic rings. The second-order valence-electron chi connectivity index (χ2n) is 2.97. The Bertz CT molecular complexity index is 214. The van der Waals surface area contributed by atoms with Crippen molar-refractivity contribution >= 4 is 0 Å². The standard InChI is InChI=1S/C8H8F2N2/c9-7-1-5(3-11)8(10)2-6(7)4-12/h5-8H,1-2H2. The molecule has 0 heterocycles. The van der Waals surface area contributed by atoms with E-state index in [9.17, 15) is 8.78 Å². The Morgan fingerprint density at radius 1 is 0.917 bits per heavy atom. The molecule has 12 heavy (non-hydrogen) atoms. The lowest BCUT2D eigenvalue weighted by atomic mass is 9.81. The Balaban J connectivity index is 2.64. The molecule has 0 aromatic carbocycles. The molecule has 0 N–H and O–H groups in total. The Morgan fingerprint density at radius 3 is 1.50 bits per heavy atom. The molecule has 1 fully saturated rings. The Morgan fingerprint density at radius 2 is 1.25 bits per heavy atom. The molecule has 1 rings (SSSR count). The van der Waals surface area contributed by atoms with E-state index in [0.717, 1.165) is 0 Å². The molecule has 4 atom stereocenters. The highest BCUT2D eigenvalue weighted by atomic mass is 19.1. The zero-order chi connectivity index (χ0) is 9.14. The van der Waals surface area contributed by atoms with Gasteiger partial charge in [-0.15, -0.1) is 0 Å². The number of nitrogens with zero attached hydrogens (tertiary/aromatic N) is 2. The van der Waals surface area contributed by atoms with Gasteiger partial charge in [0.2, 0.25) is 0 Å². The summed E-state index contributed by atoms with van der Waals surface area (Å²) in [5.74, 6) is -1.74. The second-order valence-corrected chi connectivity index (χ2v) is 2.97. The highest BCUT2D eigenvalue weighted by Crippen LogP contribution is 2.32. The molecule has 4 unspecified atom stereocenters. The van der Waals surface area contributed by atoms with E-state index in [2.05, 4.69) is 0 Å². The number of hydrogen-bond acceptors (Lipinski definition) is 2. The zero-order valence-corrected chi connectivity index (χ0v) is 6.37. The highest BCUT2D eigenvalue weighted by molar-refractivity contribution is 5.02. The largest absolute Gasteiger partial charge is 0.246 e. The van der Waals surface area contributed by atoms with Gasteiger partial charge in [0.05, 0.1) is 24.0 Å². The lowest BCUT2D eigenvalue weighted by Crippen LogP contribution is -2.32. The molecule has 1 aliphatic carbocycles. The van der Waals surface area contributed by atoms with Gasteiger partial charge in [-0.2, -0.15) is 10.5 Å². The molecule has 4 heteroatoms. The molecular formula is C8H8F2N2. The third kappa shape index (κ3) is 1.53.